The van der Waals surface area contributed by atoms with Crippen molar-refractivity contribution in [3.8, 4) is 0 Å². The summed E-state index contributed by atoms with van der Waals surface area (Å²) >= 11 is 3.54. The highest BCUT2D eigenvalue weighted by atomic mass is 79.9. The fourth-order valence-electron chi connectivity index (χ4n) is 5.04. The second-order valence-corrected chi connectivity index (χ2v) is 7.48. The lowest BCUT2D eigenvalue weighted by atomic mass is 9.94. The number of halogens is 1. The minimum absolute atomic E-state index is 0.387. The van der Waals surface area contributed by atoms with Crippen molar-refractivity contribution in [1.29, 1.82) is 0 Å². The second-order valence-electron chi connectivity index (χ2n) is 6.56. The number of hydrogen-bond donors (Lipinski definition) is 1. The van der Waals surface area contributed by atoms with Gasteiger partial charge in [-0.2, -0.15) is 0 Å². The normalized spacial score (nSPS) is 41.8. The molecule has 5 unspecified atom stereocenters. The van der Waals surface area contributed by atoms with Crippen LogP contribution in [-0.4, -0.2) is 6.04 Å². The first-order valence-electron chi connectivity index (χ1n) is 7.24. The van der Waals surface area contributed by atoms with Gasteiger partial charge in [0.1, 0.15) is 0 Å². The van der Waals surface area contributed by atoms with Crippen molar-refractivity contribution in [1.82, 2.24) is 0 Å². The molecule has 0 aliphatic heterocycles. The van der Waals surface area contributed by atoms with Crippen LogP contribution in [0.2, 0.25) is 0 Å². The average molecular weight is 306 g/mol. The van der Waals surface area contributed by atoms with E-state index < -0.39 is 0 Å². The van der Waals surface area contributed by atoms with Gasteiger partial charge in [0.25, 0.3) is 0 Å². The van der Waals surface area contributed by atoms with Crippen molar-refractivity contribution >= 4 is 15.9 Å². The minimum atomic E-state index is 0.387. The molecule has 0 amide bonds. The van der Waals surface area contributed by atoms with Gasteiger partial charge in [-0.3, -0.25) is 0 Å². The van der Waals surface area contributed by atoms with E-state index in [2.05, 4.69) is 40.2 Å². The van der Waals surface area contributed by atoms with Gasteiger partial charge in [-0.25, -0.2) is 0 Å². The van der Waals surface area contributed by atoms with E-state index >= 15 is 0 Å². The molecular formula is C16H20BrN. The van der Waals surface area contributed by atoms with E-state index in [9.17, 15) is 0 Å². The highest BCUT2D eigenvalue weighted by Gasteiger charge is 2.65. The summed E-state index contributed by atoms with van der Waals surface area (Å²) < 4.78 is 1.17. The van der Waals surface area contributed by atoms with E-state index in [1.165, 1.54) is 29.3 Å². The third-order valence-corrected chi connectivity index (χ3v) is 6.14. The Hall–Kier alpha value is -0.340. The number of rotatable bonds is 3. The van der Waals surface area contributed by atoms with Crippen LogP contribution in [0.15, 0.2) is 28.7 Å². The van der Waals surface area contributed by atoms with Gasteiger partial charge in [-0.15, -0.1) is 0 Å². The van der Waals surface area contributed by atoms with Crippen LogP contribution in [0.3, 0.4) is 0 Å². The average Bonchev–Trinajstić information content (AvgIpc) is 2.79. The predicted octanol–water partition coefficient (Wildman–Crippen LogP) is 3.61. The molecule has 1 aromatic rings. The third kappa shape index (κ3) is 1.69. The molecule has 2 N–H and O–H groups in total. The molecule has 0 heterocycles. The van der Waals surface area contributed by atoms with E-state index in [0.29, 0.717) is 6.04 Å². The van der Waals surface area contributed by atoms with Crippen molar-refractivity contribution in [2.24, 2.45) is 35.3 Å². The molecule has 18 heavy (non-hydrogen) atoms. The molecule has 0 saturated heterocycles. The quantitative estimate of drug-likeness (QED) is 0.907. The summed E-state index contributed by atoms with van der Waals surface area (Å²) in [6.45, 7) is 0. The van der Waals surface area contributed by atoms with E-state index in [0.717, 1.165) is 36.0 Å². The monoisotopic (exact) mass is 305 g/mol. The molecule has 2 bridgehead atoms. The Balaban J connectivity index is 1.45. The molecule has 4 rings (SSSR count). The molecule has 5 atom stereocenters. The van der Waals surface area contributed by atoms with E-state index in [1.807, 2.05) is 0 Å². The van der Waals surface area contributed by atoms with Gasteiger partial charge >= 0.3 is 0 Å². The minimum Gasteiger partial charge on any atom is -0.327 e. The molecule has 2 heteroatoms. The van der Waals surface area contributed by atoms with E-state index in [4.69, 9.17) is 5.73 Å². The first kappa shape index (κ1) is 11.5. The van der Waals surface area contributed by atoms with Gasteiger partial charge < -0.3 is 5.73 Å². The van der Waals surface area contributed by atoms with Gasteiger partial charge in [-0.05, 0) is 73.0 Å². The number of fused-ring (bicyclic) bond motifs is 5. The Morgan fingerprint density at radius 1 is 1.22 bits per heavy atom. The maximum absolute atomic E-state index is 6.49. The highest BCUT2D eigenvalue weighted by molar-refractivity contribution is 9.10. The van der Waals surface area contributed by atoms with Gasteiger partial charge in [0, 0.05) is 10.5 Å². The number of nitrogens with two attached hydrogens (primary N) is 1. The smallest absolute Gasteiger partial charge is 0.0178 e. The largest absolute Gasteiger partial charge is 0.327 e. The van der Waals surface area contributed by atoms with Crippen molar-refractivity contribution in [2.45, 2.75) is 31.7 Å². The maximum atomic E-state index is 6.49. The standard InChI is InChI=1S/C16H20BrN/c17-12-3-1-2-9(6-12)7-13(18)16-14-10-4-5-11(8-10)15(14)16/h1-3,6,10-11,13-16H,4-5,7-8,18H2. The lowest BCUT2D eigenvalue weighted by molar-refractivity contribution is 0.409. The molecule has 0 aromatic heterocycles. The first-order chi connectivity index (χ1) is 8.74. The zero-order chi connectivity index (χ0) is 12.3. The van der Waals surface area contributed by atoms with Crippen LogP contribution >= 0.6 is 15.9 Å². The van der Waals surface area contributed by atoms with Gasteiger partial charge in [0.05, 0.1) is 0 Å². The van der Waals surface area contributed by atoms with Crippen LogP contribution < -0.4 is 5.73 Å². The van der Waals surface area contributed by atoms with Crippen LogP contribution in [0.1, 0.15) is 24.8 Å². The summed E-state index contributed by atoms with van der Waals surface area (Å²) in [6, 6.07) is 9.01. The van der Waals surface area contributed by atoms with Gasteiger partial charge in [0.15, 0.2) is 0 Å². The molecule has 0 spiro atoms. The van der Waals surface area contributed by atoms with Crippen LogP contribution in [0, 0.1) is 29.6 Å². The fraction of sp³-hybridized carbons (Fsp3) is 0.625. The van der Waals surface area contributed by atoms with Gasteiger partial charge in [0.2, 0.25) is 0 Å². The van der Waals surface area contributed by atoms with E-state index in [-0.39, 0.29) is 0 Å². The molecule has 3 aliphatic rings. The molecule has 0 radical (unpaired) electrons. The van der Waals surface area contributed by atoms with Gasteiger partial charge in [-0.1, -0.05) is 28.1 Å². The molecule has 3 fully saturated rings. The molecule has 3 aliphatic carbocycles. The van der Waals surface area contributed by atoms with Crippen molar-refractivity contribution in [3.63, 3.8) is 0 Å². The zero-order valence-electron chi connectivity index (χ0n) is 10.6. The van der Waals surface area contributed by atoms with Crippen LogP contribution in [0.25, 0.3) is 0 Å². The summed E-state index contributed by atoms with van der Waals surface area (Å²) in [7, 11) is 0. The maximum Gasteiger partial charge on any atom is 0.0178 e. The molecule has 1 aromatic carbocycles. The second kappa shape index (κ2) is 4.08. The highest BCUT2D eigenvalue weighted by Crippen LogP contribution is 2.70. The molecule has 96 valence electrons. The summed E-state index contributed by atoms with van der Waals surface area (Å²) in [5.41, 5.74) is 7.87. The van der Waals surface area contributed by atoms with Crippen molar-refractivity contribution in [3.05, 3.63) is 34.3 Å². The Labute approximate surface area is 117 Å². The van der Waals surface area contributed by atoms with Crippen LogP contribution in [0.4, 0.5) is 0 Å². The lowest BCUT2D eigenvalue weighted by Crippen LogP contribution is -2.28. The molecular weight excluding hydrogens is 286 g/mol. The fourth-order valence-corrected chi connectivity index (χ4v) is 5.48. The summed E-state index contributed by atoms with van der Waals surface area (Å²) in [5.74, 6) is 4.93. The van der Waals surface area contributed by atoms with Crippen molar-refractivity contribution < 1.29 is 0 Å². The first-order valence-corrected chi connectivity index (χ1v) is 8.03. The van der Waals surface area contributed by atoms with E-state index in [1.54, 1.807) is 0 Å². The third-order valence-electron chi connectivity index (χ3n) is 5.65. The Morgan fingerprint density at radius 2 is 1.94 bits per heavy atom. The summed E-state index contributed by atoms with van der Waals surface area (Å²) in [4.78, 5) is 0. The zero-order valence-corrected chi connectivity index (χ0v) is 12.1. The molecule has 1 nitrogen and oxygen atoms in total. The van der Waals surface area contributed by atoms with Crippen LogP contribution in [-0.2, 0) is 6.42 Å². The molecule has 3 saturated carbocycles. The topological polar surface area (TPSA) is 26.0 Å². The predicted molar refractivity (Wildman–Crippen MR) is 77.1 cm³/mol. The Bertz CT molecular complexity index is 456. The lowest BCUT2D eigenvalue weighted by Gasteiger charge is -2.16. The SMILES string of the molecule is NC(Cc1cccc(Br)c1)C1C2C3CCC(C3)C12. The number of benzene rings is 1. The van der Waals surface area contributed by atoms with Crippen molar-refractivity contribution in [2.75, 3.05) is 0 Å². The Morgan fingerprint density at radius 3 is 2.61 bits per heavy atom. The summed E-state index contributed by atoms with van der Waals surface area (Å²) in [6.07, 6.45) is 5.56. The summed E-state index contributed by atoms with van der Waals surface area (Å²) in [5, 5.41) is 0. The number of hydrogen-bond acceptors (Lipinski definition) is 1. The van der Waals surface area contributed by atoms with Crippen LogP contribution in [0.5, 0.6) is 0 Å². The Kier molecular flexibility index (Phi) is 2.60.